The molecule has 112 valence electrons. The smallest absolute Gasteiger partial charge is 0.141 e. The van der Waals surface area contributed by atoms with Crippen molar-refractivity contribution in [2.75, 3.05) is 0 Å². The number of nitrogens with zero attached hydrogens (tertiary/aromatic N) is 1. The summed E-state index contributed by atoms with van der Waals surface area (Å²) in [7, 11) is 0. The van der Waals surface area contributed by atoms with E-state index in [1.54, 1.807) is 25.1 Å². The van der Waals surface area contributed by atoms with Crippen LogP contribution in [0.25, 0.3) is 0 Å². The largest absolute Gasteiger partial charge is 0.300 e. The van der Waals surface area contributed by atoms with Gasteiger partial charge in [0, 0.05) is 12.3 Å². The molecular weight excluding hydrogens is 262 g/mol. The van der Waals surface area contributed by atoms with Crippen LogP contribution < -0.4 is 0 Å². The highest BCUT2D eigenvalue weighted by Crippen LogP contribution is 2.30. The van der Waals surface area contributed by atoms with Crippen LogP contribution in [0, 0.1) is 17.2 Å². The first-order valence-electron chi connectivity index (χ1n) is 7.55. The van der Waals surface area contributed by atoms with E-state index < -0.39 is 11.8 Å². The zero-order chi connectivity index (χ0) is 15.8. The molecule has 0 saturated heterocycles. The first-order valence-corrected chi connectivity index (χ1v) is 7.55. The van der Waals surface area contributed by atoms with Crippen molar-refractivity contribution >= 4 is 11.6 Å². The number of carbonyl (C=O) groups is 2. The summed E-state index contributed by atoms with van der Waals surface area (Å²) in [6.45, 7) is 5.37. The number of benzene rings is 1. The summed E-state index contributed by atoms with van der Waals surface area (Å²) in [5, 5.41) is 9.24. The first kappa shape index (κ1) is 17.1. The lowest BCUT2D eigenvalue weighted by molar-refractivity contribution is -0.128. The molecule has 0 aliphatic rings. The average Bonchev–Trinajstić information content (AvgIpc) is 2.48. The third-order valence-corrected chi connectivity index (χ3v) is 3.93. The van der Waals surface area contributed by atoms with Gasteiger partial charge in [0.2, 0.25) is 0 Å². The molecule has 3 nitrogen and oxygen atoms in total. The van der Waals surface area contributed by atoms with Gasteiger partial charge in [-0.3, -0.25) is 9.59 Å². The molecule has 0 aliphatic carbocycles. The van der Waals surface area contributed by atoms with Gasteiger partial charge in [-0.15, -0.1) is 0 Å². The van der Waals surface area contributed by atoms with Crippen molar-refractivity contribution in [3.05, 3.63) is 35.4 Å². The quantitative estimate of drug-likeness (QED) is 0.678. The van der Waals surface area contributed by atoms with E-state index in [4.69, 9.17) is 0 Å². The number of hydrogen-bond acceptors (Lipinski definition) is 3. The molecule has 1 aromatic carbocycles. The molecule has 2 unspecified atom stereocenters. The fourth-order valence-corrected chi connectivity index (χ4v) is 2.53. The van der Waals surface area contributed by atoms with E-state index in [9.17, 15) is 14.9 Å². The molecule has 3 heteroatoms. The van der Waals surface area contributed by atoms with Crippen LogP contribution in [0.15, 0.2) is 24.3 Å². The highest BCUT2D eigenvalue weighted by atomic mass is 16.1. The highest BCUT2D eigenvalue weighted by molar-refractivity contribution is 5.92. The van der Waals surface area contributed by atoms with Gasteiger partial charge in [-0.05, 0) is 25.0 Å². The van der Waals surface area contributed by atoms with E-state index in [0.717, 1.165) is 19.3 Å². The van der Waals surface area contributed by atoms with E-state index in [1.807, 2.05) is 6.07 Å². The van der Waals surface area contributed by atoms with Gasteiger partial charge in [0.25, 0.3) is 0 Å². The van der Waals surface area contributed by atoms with Crippen molar-refractivity contribution in [3.63, 3.8) is 0 Å². The van der Waals surface area contributed by atoms with Crippen LogP contribution in [0.4, 0.5) is 0 Å². The van der Waals surface area contributed by atoms with E-state index >= 15 is 0 Å². The van der Waals surface area contributed by atoms with Crippen LogP contribution in [-0.4, -0.2) is 11.6 Å². The standard InChI is InChI=1S/C18H23NO2/c1-4-5-6-11-17(21)18(13(2)14(3)20)16-10-8-7-9-15(16)12-19/h7-10,13,18H,4-6,11H2,1-3H3. The number of Topliss-reactive ketones (excluding diaryl/α,β-unsaturated/α-hetero) is 2. The van der Waals surface area contributed by atoms with Gasteiger partial charge in [0.1, 0.15) is 11.6 Å². The predicted octanol–water partition coefficient (Wildman–Crippen LogP) is 4.02. The van der Waals surface area contributed by atoms with Crippen molar-refractivity contribution in [3.8, 4) is 6.07 Å². The van der Waals surface area contributed by atoms with Crippen LogP contribution in [0.5, 0.6) is 0 Å². The number of ketones is 2. The Morgan fingerprint density at radius 3 is 2.48 bits per heavy atom. The number of hydrogen-bond donors (Lipinski definition) is 0. The predicted molar refractivity (Wildman–Crippen MR) is 82.9 cm³/mol. The van der Waals surface area contributed by atoms with Crippen LogP contribution in [0.2, 0.25) is 0 Å². The molecule has 0 aromatic heterocycles. The van der Waals surface area contributed by atoms with Crippen LogP contribution in [-0.2, 0) is 9.59 Å². The Kier molecular flexibility index (Phi) is 6.81. The number of carbonyl (C=O) groups excluding carboxylic acids is 2. The van der Waals surface area contributed by atoms with Crippen LogP contribution in [0.1, 0.15) is 63.5 Å². The first-order chi connectivity index (χ1) is 10.0. The van der Waals surface area contributed by atoms with Gasteiger partial charge in [-0.25, -0.2) is 0 Å². The van der Waals surface area contributed by atoms with Gasteiger partial charge in [-0.2, -0.15) is 5.26 Å². The summed E-state index contributed by atoms with van der Waals surface area (Å²) < 4.78 is 0. The molecule has 0 aliphatic heterocycles. The van der Waals surface area contributed by atoms with E-state index in [-0.39, 0.29) is 11.6 Å². The molecule has 0 saturated carbocycles. The highest BCUT2D eigenvalue weighted by Gasteiger charge is 2.30. The molecule has 0 spiro atoms. The summed E-state index contributed by atoms with van der Waals surface area (Å²) in [5.74, 6) is -0.853. The van der Waals surface area contributed by atoms with Gasteiger partial charge in [0.15, 0.2) is 0 Å². The summed E-state index contributed by atoms with van der Waals surface area (Å²) in [6, 6.07) is 9.22. The second kappa shape index (κ2) is 8.36. The van der Waals surface area contributed by atoms with Gasteiger partial charge < -0.3 is 0 Å². The zero-order valence-electron chi connectivity index (χ0n) is 13.1. The minimum Gasteiger partial charge on any atom is -0.300 e. The third-order valence-electron chi connectivity index (χ3n) is 3.93. The summed E-state index contributed by atoms with van der Waals surface area (Å²) in [6.07, 6.45) is 3.36. The van der Waals surface area contributed by atoms with Crippen LogP contribution >= 0.6 is 0 Å². The van der Waals surface area contributed by atoms with Gasteiger partial charge >= 0.3 is 0 Å². The molecule has 21 heavy (non-hydrogen) atoms. The minimum absolute atomic E-state index is 0.0171. The second-order valence-corrected chi connectivity index (χ2v) is 5.50. The Bertz CT molecular complexity index is 542. The molecule has 1 rings (SSSR count). The Hall–Kier alpha value is -1.95. The number of unbranched alkanes of at least 4 members (excludes halogenated alkanes) is 2. The summed E-state index contributed by atoms with van der Waals surface area (Å²) in [5.41, 5.74) is 1.17. The molecule has 0 bridgehead atoms. The molecule has 2 atom stereocenters. The second-order valence-electron chi connectivity index (χ2n) is 5.50. The van der Waals surface area contributed by atoms with Crippen molar-refractivity contribution in [2.24, 2.45) is 5.92 Å². The minimum atomic E-state index is -0.504. The van der Waals surface area contributed by atoms with Crippen molar-refractivity contribution in [2.45, 2.75) is 52.4 Å². The molecule has 1 aromatic rings. The average molecular weight is 285 g/mol. The van der Waals surface area contributed by atoms with Gasteiger partial charge in [0.05, 0.1) is 17.6 Å². The van der Waals surface area contributed by atoms with Crippen molar-refractivity contribution in [1.82, 2.24) is 0 Å². The molecule has 0 heterocycles. The Balaban J connectivity index is 3.11. The van der Waals surface area contributed by atoms with E-state index in [0.29, 0.717) is 17.5 Å². The fraction of sp³-hybridized carbons (Fsp3) is 0.500. The molecule has 0 fully saturated rings. The fourth-order valence-electron chi connectivity index (χ4n) is 2.53. The monoisotopic (exact) mass is 285 g/mol. The van der Waals surface area contributed by atoms with Gasteiger partial charge in [-0.1, -0.05) is 44.9 Å². The van der Waals surface area contributed by atoms with Crippen molar-refractivity contribution in [1.29, 1.82) is 5.26 Å². The number of nitriles is 1. The van der Waals surface area contributed by atoms with Crippen molar-refractivity contribution < 1.29 is 9.59 Å². The lowest BCUT2D eigenvalue weighted by atomic mass is 9.79. The summed E-state index contributed by atoms with van der Waals surface area (Å²) >= 11 is 0. The van der Waals surface area contributed by atoms with E-state index in [1.165, 1.54) is 6.92 Å². The Labute approximate surface area is 127 Å². The molecule has 0 radical (unpaired) electrons. The SMILES string of the molecule is CCCCCC(=O)C(c1ccccc1C#N)C(C)C(C)=O. The topological polar surface area (TPSA) is 57.9 Å². The number of rotatable bonds is 8. The maximum atomic E-state index is 12.6. The Morgan fingerprint density at radius 2 is 1.90 bits per heavy atom. The lowest BCUT2D eigenvalue weighted by Crippen LogP contribution is -2.25. The van der Waals surface area contributed by atoms with Crippen LogP contribution in [0.3, 0.4) is 0 Å². The lowest BCUT2D eigenvalue weighted by Gasteiger charge is -2.22. The van der Waals surface area contributed by atoms with E-state index in [2.05, 4.69) is 13.0 Å². The normalized spacial score (nSPS) is 13.2. The summed E-state index contributed by atoms with van der Waals surface area (Å²) in [4.78, 5) is 24.3. The maximum Gasteiger partial charge on any atom is 0.141 e. The molecule has 0 amide bonds. The molecule has 0 N–H and O–H groups in total. The maximum absolute atomic E-state index is 12.6. The Morgan fingerprint density at radius 1 is 1.24 bits per heavy atom. The molecular formula is C18H23NO2. The third kappa shape index (κ3) is 4.53. The zero-order valence-corrected chi connectivity index (χ0v) is 13.1.